The third-order valence-corrected chi connectivity index (χ3v) is 2.94. The van der Waals surface area contributed by atoms with Crippen molar-refractivity contribution in [3.8, 4) is 5.75 Å². The molecule has 2 N–H and O–H groups in total. The van der Waals surface area contributed by atoms with Crippen LogP contribution in [0.2, 0.25) is 0 Å². The maximum absolute atomic E-state index is 12.3. The van der Waals surface area contributed by atoms with Crippen molar-refractivity contribution in [3.63, 3.8) is 0 Å². The summed E-state index contributed by atoms with van der Waals surface area (Å²) in [5, 5.41) is 15.3. The number of carboxylic acids is 1. The van der Waals surface area contributed by atoms with Crippen LogP contribution in [0.3, 0.4) is 0 Å². The molecule has 0 saturated carbocycles. The summed E-state index contributed by atoms with van der Waals surface area (Å²) in [5.74, 6) is -1.19. The van der Waals surface area contributed by atoms with E-state index in [1.165, 1.54) is 17.3 Å². The van der Waals surface area contributed by atoms with Crippen LogP contribution in [-0.2, 0) is 0 Å². The summed E-state index contributed by atoms with van der Waals surface area (Å²) in [7, 11) is 0. The zero-order valence-electron chi connectivity index (χ0n) is 10.2. The third-order valence-electron chi connectivity index (χ3n) is 2.94. The van der Waals surface area contributed by atoms with Crippen molar-refractivity contribution < 1.29 is 19.4 Å². The monoisotopic (exact) mass is 274 g/mol. The van der Waals surface area contributed by atoms with Gasteiger partial charge >= 0.3 is 5.97 Å². The van der Waals surface area contributed by atoms with E-state index in [-0.39, 0.29) is 29.7 Å². The Balaban J connectivity index is 2.05. The molecule has 0 unspecified atom stereocenters. The average molecular weight is 274 g/mol. The van der Waals surface area contributed by atoms with Gasteiger partial charge in [0.05, 0.1) is 12.2 Å². The van der Waals surface area contributed by atoms with Gasteiger partial charge in [0.15, 0.2) is 5.75 Å². The predicted molar refractivity (Wildman–Crippen MR) is 67.0 cm³/mol. The Hall–Kier alpha value is -2.90. The van der Waals surface area contributed by atoms with Gasteiger partial charge in [-0.3, -0.25) is 14.8 Å². The zero-order chi connectivity index (χ0) is 14.1. The van der Waals surface area contributed by atoms with E-state index in [2.05, 4.69) is 15.2 Å². The molecule has 0 fully saturated rings. The normalized spacial score (nSPS) is 13.5. The van der Waals surface area contributed by atoms with Crippen molar-refractivity contribution >= 4 is 17.6 Å². The van der Waals surface area contributed by atoms with E-state index in [9.17, 15) is 9.59 Å². The van der Waals surface area contributed by atoms with Gasteiger partial charge in [0.25, 0.3) is 5.91 Å². The summed E-state index contributed by atoms with van der Waals surface area (Å²) >= 11 is 0. The van der Waals surface area contributed by atoms with Crippen LogP contribution in [0.1, 0.15) is 21.0 Å². The Morgan fingerprint density at radius 1 is 1.40 bits per heavy atom. The number of aromatic amines is 1. The third kappa shape index (κ3) is 1.87. The lowest BCUT2D eigenvalue weighted by atomic mass is 10.1. The number of anilines is 1. The van der Waals surface area contributed by atoms with Gasteiger partial charge in [-0.05, 0) is 12.1 Å². The fourth-order valence-electron chi connectivity index (χ4n) is 2.06. The maximum atomic E-state index is 12.3. The number of amides is 1. The number of carbonyl (C=O) groups is 2. The van der Waals surface area contributed by atoms with Crippen molar-refractivity contribution in [1.82, 2.24) is 15.2 Å². The molecule has 102 valence electrons. The first-order valence-corrected chi connectivity index (χ1v) is 5.85. The van der Waals surface area contributed by atoms with Crippen molar-refractivity contribution in [1.29, 1.82) is 0 Å². The van der Waals surface area contributed by atoms with Crippen LogP contribution in [-0.4, -0.2) is 45.3 Å². The average Bonchev–Trinajstić information content (AvgIpc) is 2.99. The number of hydrogen-bond donors (Lipinski definition) is 2. The molecule has 1 aliphatic rings. The Bertz CT molecular complexity index is 668. The highest BCUT2D eigenvalue weighted by Gasteiger charge is 2.29. The predicted octanol–water partition coefficient (Wildman–Crippen LogP) is 0.542. The number of fused-ring (bicyclic) bond motifs is 1. The standard InChI is InChI=1S/C12H10N4O4/c17-11(10-13-6-14-15-10)16-4-5-20-9-7(12(18)19)2-1-3-8(9)16/h1-3,6H,4-5H2,(H,18,19)(H,13,14,15). The van der Waals surface area contributed by atoms with Crippen molar-refractivity contribution in [3.05, 3.63) is 35.9 Å². The molecule has 0 saturated heterocycles. The molecule has 1 aromatic heterocycles. The lowest BCUT2D eigenvalue weighted by molar-refractivity contribution is 0.0690. The van der Waals surface area contributed by atoms with E-state index < -0.39 is 5.97 Å². The summed E-state index contributed by atoms with van der Waals surface area (Å²) < 4.78 is 5.39. The number of para-hydroxylation sites is 1. The number of nitrogens with zero attached hydrogens (tertiary/aromatic N) is 3. The van der Waals surface area contributed by atoms with Crippen LogP contribution in [0.5, 0.6) is 5.75 Å². The molecule has 0 aliphatic carbocycles. The lowest BCUT2D eigenvalue weighted by Gasteiger charge is -2.29. The van der Waals surface area contributed by atoms with E-state index >= 15 is 0 Å². The quantitative estimate of drug-likeness (QED) is 0.827. The molecule has 1 amide bonds. The van der Waals surface area contributed by atoms with E-state index in [4.69, 9.17) is 9.84 Å². The first-order valence-electron chi connectivity index (χ1n) is 5.85. The second kappa shape index (κ2) is 4.65. The Morgan fingerprint density at radius 2 is 2.25 bits per heavy atom. The van der Waals surface area contributed by atoms with Gasteiger partial charge < -0.3 is 9.84 Å². The van der Waals surface area contributed by atoms with E-state index in [0.717, 1.165) is 0 Å². The number of ether oxygens (including phenoxy) is 1. The fraction of sp³-hybridized carbons (Fsp3) is 0.167. The minimum absolute atomic E-state index is 0.0255. The number of rotatable bonds is 2. The molecule has 3 rings (SSSR count). The number of hydrogen-bond acceptors (Lipinski definition) is 5. The van der Waals surface area contributed by atoms with Gasteiger partial charge in [-0.2, -0.15) is 5.10 Å². The van der Waals surface area contributed by atoms with Crippen LogP contribution in [0, 0.1) is 0 Å². The molecular weight excluding hydrogens is 264 g/mol. The van der Waals surface area contributed by atoms with Crippen LogP contribution in [0.15, 0.2) is 24.5 Å². The number of H-pyrrole nitrogens is 1. The number of benzene rings is 1. The highest BCUT2D eigenvalue weighted by Crippen LogP contribution is 2.35. The largest absolute Gasteiger partial charge is 0.489 e. The minimum atomic E-state index is -1.10. The molecular formula is C12H10N4O4. The van der Waals surface area contributed by atoms with Gasteiger partial charge in [-0.25, -0.2) is 9.78 Å². The molecule has 2 heterocycles. The van der Waals surface area contributed by atoms with Crippen molar-refractivity contribution in [2.75, 3.05) is 18.1 Å². The topological polar surface area (TPSA) is 108 Å². The number of carboxylic acid groups (broad SMARTS) is 1. The molecule has 1 aromatic carbocycles. The van der Waals surface area contributed by atoms with E-state index in [0.29, 0.717) is 12.2 Å². The van der Waals surface area contributed by atoms with E-state index in [1.54, 1.807) is 12.1 Å². The summed E-state index contributed by atoms with van der Waals surface area (Å²) in [6, 6.07) is 4.64. The number of aromatic carboxylic acids is 1. The molecule has 0 bridgehead atoms. The van der Waals surface area contributed by atoms with Gasteiger partial charge in [0, 0.05) is 0 Å². The molecule has 1 aliphatic heterocycles. The highest BCUT2D eigenvalue weighted by atomic mass is 16.5. The van der Waals surface area contributed by atoms with Gasteiger partial charge in [-0.1, -0.05) is 6.07 Å². The Kier molecular flexibility index (Phi) is 2.82. The highest BCUT2D eigenvalue weighted by molar-refractivity contribution is 6.06. The van der Waals surface area contributed by atoms with E-state index in [1.807, 2.05) is 0 Å². The molecule has 0 atom stereocenters. The summed E-state index contributed by atoms with van der Waals surface area (Å²) in [6.07, 6.45) is 1.24. The molecule has 2 aromatic rings. The minimum Gasteiger partial charge on any atom is -0.489 e. The first-order chi connectivity index (χ1) is 9.68. The van der Waals surface area contributed by atoms with Gasteiger partial charge in [0.2, 0.25) is 5.82 Å². The molecule has 8 heteroatoms. The number of aromatic nitrogens is 3. The molecule has 20 heavy (non-hydrogen) atoms. The smallest absolute Gasteiger partial charge is 0.339 e. The fourth-order valence-corrected chi connectivity index (χ4v) is 2.06. The molecule has 0 radical (unpaired) electrons. The summed E-state index contributed by atoms with van der Waals surface area (Å²) in [6.45, 7) is 0.535. The SMILES string of the molecule is O=C(O)c1cccc2c1OCCN2C(=O)c1ncn[nH]1. The zero-order valence-corrected chi connectivity index (χ0v) is 10.2. The van der Waals surface area contributed by atoms with Crippen LogP contribution >= 0.6 is 0 Å². The van der Waals surface area contributed by atoms with Crippen molar-refractivity contribution in [2.24, 2.45) is 0 Å². The van der Waals surface area contributed by atoms with Crippen LogP contribution < -0.4 is 9.64 Å². The Labute approximate surface area is 113 Å². The molecule has 8 nitrogen and oxygen atoms in total. The van der Waals surface area contributed by atoms with Crippen LogP contribution in [0.4, 0.5) is 5.69 Å². The first kappa shape index (κ1) is 12.2. The number of nitrogens with one attached hydrogen (secondary N) is 1. The Morgan fingerprint density at radius 3 is 2.95 bits per heavy atom. The van der Waals surface area contributed by atoms with Gasteiger partial charge in [-0.15, -0.1) is 0 Å². The summed E-state index contributed by atoms with van der Waals surface area (Å²) in [5.41, 5.74) is 0.440. The van der Waals surface area contributed by atoms with Crippen molar-refractivity contribution in [2.45, 2.75) is 0 Å². The van der Waals surface area contributed by atoms with Crippen LogP contribution in [0.25, 0.3) is 0 Å². The maximum Gasteiger partial charge on any atom is 0.339 e. The lowest BCUT2D eigenvalue weighted by Crippen LogP contribution is -2.39. The second-order valence-electron chi connectivity index (χ2n) is 4.10. The number of carbonyl (C=O) groups excluding carboxylic acids is 1. The second-order valence-corrected chi connectivity index (χ2v) is 4.10. The van der Waals surface area contributed by atoms with Gasteiger partial charge in [0.1, 0.15) is 18.5 Å². The summed E-state index contributed by atoms with van der Waals surface area (Å²) in [4.78, 5) is 28.7. The molecule has 0 spiro atoms.